The fraction of sp³-hybridized carbons (Fsp3) is 0.300. The monoisotopic (exact) mass is 341 g/mol. The van der Waals surface area contributed by atoms with Gasteiger partial charge in [-0.3, -0.25) is 9.69 Å². The van der Waals surface area contributed by atoms with E-state index in [0.717, 1.165) is 11.3 Å². The number of anilines is 1. The predicted molar refractivity (Wildman–Crippen MR) is 96.3 cm³/mol. The number of para-hydroxylation sites is 1. The van der Waals surface area contributed by atoms with Crippen molar-refractivity contribution >= 4 is 17.7 Å². The summed E-state index contributed by atoms with van der Waals surface area (Å²) in [5.74, 6) is -0.256. The molecule has 0 bridgehead atoms. The van der Waals surface area contributed by atoms with Crippen LogP contribution in [0.25, 0.3) is 0 Å². The first kappa shape index (κ1) is 18.5. The molecule has 5 heteroatoms. The van der Waals surface area contributed by atoms with Gasteiger partial charge in [0.25, 0.3) is 0 Å². The predicted octanol–water partition coefficient (Wildman–Crippen LogP) is 4.17. The van der Waals surface area contributed by atoms with Gasteiger partial charge in [0.05, 0.1) is 6.61 Å². The van der Waals surface area contributed by atoms with Crippen LogP contribution in [-0.2, 0) is 20.9 Å². The first-order valence-electron chi connectivity index (χ1n) is 8.39. The lowest BCUT2D eigenvalue weighted by Gasteiger charge is -2.22. The summed E-state index contributed by atoms with van der Waals surface area (Å²) in [6, 6.07) is 18.8. The van der Waals surface area contributed by atoms with Crippen LogP contribution >= 0.6 is 0 Å². The minimum atomic E-state index is -0.432. The first-order chi connectivity index (χ1) is 12.2. The van der Waals surface area contributed by atoms with Gasteiger partial charge in [0.15, 0.2) is 0 Å². The van der Waals surface area contributed by atoms with Crippen molar-refractivity contribution < 1.29 is 19.1 Å². The lowest BCUT2D eigenvalue weighted by molar-refractivity contribution is -0.143. The highest BCUT2D eigenvalue weighted by Crippen LogP contribution is 2.16. The van der Waals surface area contributed by atoms with Crippen molar-refractivity contribution in [2.45, 2.75) is 26.4 Å². The highest BCUT2D eigenvalue weighted by atomic mass is 16.6. The third kappa shape index (κ3) is 6.30. The van der Waals surface area contributed by atoms with Gasteiger partial charge in [-0.1, -0.05) is 48.5 Å². The summed E-state index contributed by atoms with van der Waals surface area (Å²) in [5.41, 5.74) is 1.67. The molecule has 2 aromatic rings. The molecule has 0 fully saturated rings. The summed E-state index contributed by atoms with van der Waals surface area (Å²) in [6.07, 6.45) is 0.344. The fourth-order valence-corrected chi connectivity index (χ4v) is 2.35. The summed E-state index contributed by atoms with van der Waals surface area (Å²) in [7, 11) is 0. The summed E-state index contributed by atoms with van der Waals surface area (Å²) in [4.78, 5) is 25.5. The average Bonchev–Trinajstić information content (AvgIpc) is 2.65. The Morgan fingerprint density at radius 2 is 1.56 bits per heavy atom. The molecule has 2 rings (SSSR count). The minimum Gasteiger partial charge on any atom is -0.466 e. The van der Waals surface area contributed by atoms with Crippen molar-refractivity contribution in [3.8, 4) is 0 Å². The molecule has 0 aliphatic heterocycles. The second kappa shape index (κ2) is 10.1. The minimum absolute atomic E-state index is 0.209. The number of carbonyl (C=O) groups excluding carboxylic acids is 2. The van der Waals surface area contributed by atoms with Crippen LogP contribution in [0.15, 0.2) is 60.7 Å². The van der Waals surface area contributed by atoms with Gasteiger partial charge in [-0.2, -0.15) is 0 Å². The second-order valence-corrected chi connectivity index (χ2v) is 5.44. The molecular formula is C20H23NO4. The molecule has 0 N–H and O–H groups in total. The number of hydrogen-bond donors (Lipinski definition) is 0. The Morgan fingerprint density at radius 1 is 0.920 bits per heavy atom. The van der Waals surface area contributed by atoms with Crippen LogP contribution in [0.1, 0.15) is 25.3 Å². The van der Waals surface area contributed by atoms with E-state index in [1.165, 1.54) is 0 Å². The van der Waals surface area contributed by atoms with E-state index in [2.05, 4.69) is 0 Å². The van der Waals surface area contributed by atoms with Crippen molar-refractivity contribution in [2.24, 2.45) is 0 Å². The molecule has 5 nitrogen and oxygen atoms in total. The third-order valence-electron chi connectivity index (χ3n) is 3.56. The van der Waals surface area contributed by atoms with Crippen LogP contribution in [-0.4, -0.2) is 25.2 Å². The molecular weight excluding hydrogens is 318 g/mol. The summed E-state index contributed by atoms with van der Waals surface area (Å²) in [5, 5.41) is 0. The highest BCUT2D eigenvalue weighted by Gasteiger charge is 2.17. The van der Waals surface area contributed by atoms with Crippen molar-refractivity contribution in [3.05, 3.63) is 66.2 Å². The van der Waals surface area contributed by atoms with Gasteiger partial charge >= 0.3 is 12.1 Å². The van der Waals surface area contributed by atoms with Gasteiger partial charge in [-0.25, -0.2) is 4.79 Å². The lowest BCUT2D eigenvalue weighted by atomic mass is 10.2. The Labute approximate surface area is 148 Å². The highest BCUT2D eigenvalue weighted by molar-refractivity contribution is 5.87. The standard InChI is InChI=1S/C20H23NO4/c1-2-24-19(22)14-9-15-21(18-12-7-4-8-13-18)20(23)25-16-17-10-5-3-6-11-17/h3-8,10-13H,2,9,14-16H2,1H3. The Kier molecular flexibility index (Phi) is 7.50. The van der Waals surface area contributed by atoms with E-state index < -0.39 is 6.09 Å². The Bertz CT molecular complexity index is 658. The molecule has 25 heavy (non-hydrogen) atoms. The van der Waals surface area contributed by atoms with Crippen LogP contribution in [0, 0.1) is 0 Å². The molecule has 132 valence electrons. The van der Waals surface area contributed by atoms with Gasteiger partial charge in [-0.05, 0) is 31.0 Å². The van der Waals surface area contributed by atoms with E-state index in [0.29, 0.717) is 19.6 Å². The molecule has 2 aromatic carbocycles. The first-order valence-corrected chi connectivity index (χ1v) is 8.39. The summed E-state index contributed by atoms with van der Waals surface area (Å²) < 4.78 is 10.3. The van der Waals surface area contributed by atoms with Crippen molar-refractivity contribution in [3.63, 3.8) is 0 Å². The van der Waals surface area contributed by atoms with Gasteiger partial charge in [-0.15, -0.1) is 0 Å². The van der Waals surface area contributed by atoms with E-state index in [1.807, 2.05) is 60.7 Å². The number of ether oxygens (including phenoxy) is 2. The molecule has 1 amide bonds. The zero-order valence-electron chi connectivity index (χ0n) is 14.4. The molecule has 0 saturated heterocycles. The van der Waals surface area contributed by atoms with Crippen LogP contribution in [0.2, 0.25) is 0 Å². The zero-order chi connectivity index (χ0) is 17.9. The average molecular weight is 341 g/mol. The Hall–Kier alpha value is -2.82. The van der Waals surface area contributed by atoms with Crippen molar-refractivity contribution in [1.82, 2.24) is 0 Å². The Balaban J connectivity index is 1.96. The van der Waals surface area contributed by atoms with E-state index in [1.54, 1.807) is 11.8 Å². The molecule has 0 atom stereocenters. The maximum Gasteiger partial charge on any atom is 0.414 e. The topological polar surface area (TPSA) is 55.8 Å². The molecule has 0 saturated carbocycles. The largest absolute Gasteiger partial charge is 0.466 e. The molecule has 0 unspecified atom stereocenters. The van der Waals surface area contributed by atoms with Gasteiger partial charge in [0, 0.05) is 18.7 Å². The molecule has 0 heterocycles. The van der Waals surface area contributed by atoms with E-state index in [4.69, 9.17) is 9.47 Å². The SMILES string of the molecule is CCOC(=O)CCCN(C(=O)OCc1ccccc1)c1ccccc1. The third-order valence-corrected chi connectivity index (χ3v) is 3.56. The van der Waals surface area contributed by atoms with Crippen molar-refractivity contribution in [1.29, 1.82) is 0 Å². The second-order valence-electron chi connectivity index (χ2n) is 5.44. The number of benzene rings is 2. The fourth-order valence-electron chi connectivity index (χ4n) is 2.35. The maximum atomic E-state index is 12.5. The van der Waals surface area contributed by atoms with E-state index >= 15 is 0 Å². The lowest BCUT2D eigenvalue weighted by Crippen LogP contribution is -2.32. The number of carbonyl (C=O) groups is 2. The van der Waals surface area contributed by atoms with Crippen LogP contribution < -0.4 is 4.90 Å². The maximum absolute atomic E-state index is 12.5. The summed E-state index contributed by atoms with van der Waals surface area (Å²) >= 11 is 0. The van der Waals surface area contributed by atoms with Gasteiger partial charge < -0.3 is 9.47 Å². The van der Waals surface area contributed by atoms with Crippen LogP contribution in [0.5, 0.6) is 0 Å². The van der Waals surface area contributed by atoms with E-state index in [-0.39, 0.29) is 19.0 Å². The molecule has 0 radical (unpaired) electrons. The zero-order valence-corrected chi connectivity index (χ0v) is 14.4. The summed E-state index contributed by atoms with van der Waals surface area (Å²) in [6.45, 7) is 2.73. The van der Waals surface area contributed by atoms with Gasteiger partial charge in [0.1, 0.15) is 6.61 Å². The van der Waals surface area contributed by atoms with E-state index in [9.17, 15) is 9.59 Å². The Morgan fingerprint density at radius 3 is 2.20 bits per heavy atom. The van der Waals surface area contributed by atoms with Crippen molar-refractivity contribution in [2.75, 3.05) is 18.1 Å². The van der Waals surface area contributed by atoms with Crippen LogP contribution in [0.3, 0.4) is 0 Å². The number of nitrogens with zero attached hydrogens (tertiary/aromatic N) is 1. The smallest absolute Gasteiger partial charge is 0.414 e. The number of rotatable bonds is 8. The molecule has 0 aliphatic rings. The van der Waals surface area contributed by atoms with Gasteiger partial charge in [0.2, 0.25) is 0 Å². The molecule has 0 aromatic heterocycles. The quantitative estimate of drug-likeness (QED) is 0.676. The number of esters is 1. The number of hydrogen-bond acceptors (Lipinski definition) is 4. The molecule has 0 aliphatic carbocycles. The molecule has 0 spiro atoms. The van der Waals surface area contributed by atoms with Crippen LogP contribution in [0.4, 0.5) is 10.5 Å². The normalized spacial score (nSPS) is 10.1. The number of amides is 1.